The molecule has 0 fully saturated rings. The Hall–Kier alpha value is -1.05. The monoisotopic (exact) mass is 138 g/mol. The van der Waals surface area contributed by atoms with Crippen LogP contribution in [-0.2, 0) is 4.79 Å². The quantitative estimate of drug-likeness (QED) is 0.599. The van der Waals surface area contributed by atoms with Gasteiger partial charge in [-0.25, -0.2) is 0 Å². The van der Waals surface area contributed by atoms with Crippen molar-refractivity contribution >= 4 is 5.78 Å². The number of hydrogen-bond donors (Lipinski definition) is 1. The number of aliphatic hydroxyl groups excluding tert-OH is 1. The third-order valence-corrected chi connectivity index (χ3v) is 1.58. The van der Waals surface area contributed by atoms with E-state index in [4.69, 9.17) is 5.11 Å². The highest BCUT2D eigenvalue weighted by atomic mass is 16.3. The third kappa shape index (κ3) is 0.967. The molecular weight excluding hydrogens is 128 g/mol. The van der Waals surface area contributed by atoms with E-state index in [9.17, 15) is 4.79 Å². The molecule has 0 radical (unpaired) electrons. The van der Waals surface area contributed by atoms with Crippen molar-refractivity contribution in [2.24, 2.45) is 0 Å². The van der Waals surface area contributed by atoms with E-state index in [1.807, 2.05) is 0 Å². The van der Waals surface area contributed by atoms with Gasteiger partial charge in [0.25, 0.3) is 0 Å². The fourth-order valence-electron chi connectivity index (χ4n) is 1.13. The number of carbonyl (C=O) groups is 1. The largest absolute Gasteiger partial charge is 0.512 e. The molecule has 0 aromatic carbocycles. The lowest BCUT2D eigenvalue weighted by Gasteiger charge is -1.97. The first-order chi connectivity index (χ1) is 4.63. The van der Waals surface area contributed by atoms with Gasteiger partial charge in [-0.2, -0.15) is 0 Å². The molecule has 10 heavy (non-hydrogen) atoms. The van der Waals surface area contributed by atoms with Crippen LogP contribution in [-0.4, -0.2) is 10.9 Å². The van der Waals surface area contributed by atoms with Gasteiger partial charge in [0.2, 0.25) is 0 Å². The number of rotatable bonds is 1. The number of hydrogen-bond acceptors (Lipinski definition) is 2. The number of allylic oxidation sites excluding steroid dienone is 3. The molecule has 0 unspecified atom stereocenters. The molecule has 0 heterocycles. The highest BCUT2D eigenvalue weighted by Crippen LogP contribution is 2.24. The molecule has 1 aliphatic rings. The molecule has 1 N–H and O–H groups in total. The van der Waals surface area contributed by atoms with Gasteiger partial charge in [-0.1, -0.05) is 6.58 Å². The van der Waals surface area contributed by atoms with Gasteiger partial charge in [0.05, 0.1) is 5.57 Å². The molecule has 0 aromatic heterocycles. The summed E-state index contributed by atoms with van der Waals surface area (Å²) < 4.78 is 0. The molecule has 0 aromatic rings. The minimum absolute atomic E-state index is 0.0185. The van der Waals surface area contributed by atoms with Gasteiger partial charge in [-0.15, -0.1) is 0 Å². The summed E-state index contributed by atoms with van der Waals surface area (Å²) in [6.45, 7) is 5.33. The van der Waals surface area contributed by atoms with E-state index < -0.39 is 0 Å². The predicted octanol–water partition coefficient (Wildman–Crippen LogP) is 1.74. The van der Waals surface area contributed by atoms with Crippen LogP contribution in [0.15, 0.2) is 23.5 Å². The van der Waals surface area contributed by atoms with E-state index in [0.29, 0.717) is 24.0 Å². The smallest absolute Gasteiger partial charge is 0.166 e. The Balaban J connectivity index is 2.99. The molecule has 0 bridgehead atoms. The van der Waals surface area contributed by atoms with Crippen LogP contribution in [0.5, 0.6) is 0 Å². The van der Waals surface area contributed by atoms with Crippen LogP contribution in [0.4, 0.5) is 0 Å². The summed E-state index contributed by atoms with van der Waals surface area (Å²) in [5, 5.41) is 9.13. The van der Waals surface area contributed by atoms with Gasteiger partial charge >= 0.3 is 0 Å². The summed E-state index contributed by atoms with van der Waals surface area (Å²) in [6, 6.07) is 0. The average Bonchev–Trinajstić information content (AvgIpc) is 2.11. The van der Waals surface area contributed by atoms with Gasteiger partial charge in [-0.3, -0.25) is 4.79 Å². The SMILES string of the molecule is C=C(C)C1=C(O)CCC1=O. The van der Waals surface area contributed by atoms with Crippen molar-refractivity contribution < 1.29 is 9.90 Å². The maximum Gasteiger partial charge on any atom is 0.166 e. The molecule has 1 rings (SSSR count). The first-order valence-electron chi connectivity index (χ1n) is 3.24. The van der Waals surface area contributed by atoms with Crippen molar-refractivity contribution in [3.63, 3.8) is 0 Å². The van der Waals surface area contributed by atoms with Crippen LogP contribution in [0.25, 0.3) is 0 Å². The summed E-state index contributed by atoms with van der Waals surface area (Å²) >= 11 is 0. The van der Waals surface area contributed by atoms with Crippen LogP contribution >= 0.6 is 0 Å². The summed E-state index contributed by atoms with van der Waals surface area (Å²) in [5.41, 5.74) is 1.11. The minimum Gasteiger partial charge on any atom is -0.512 e. The van der Waals surface area contributed by atoms with E-state index in [1.165, 1.54) is 0 Å². The average molecular weight is 138 g/mol. The molecule has 0 spiro atoms. The van der Waals surface area contributed by atoms with Crippen LogP contribution < -0.4 is 0 Å². The van der Waals surface area contributed by atoms with Gasteiger partial charge in [0, 0.05) is 12.8 Å². The molecule has 0 saturated carbocycles. The summed E-state index contributed by atoms with van der Waals surface area (Å²) in [4.78, 5) is 10.9. The second-order valence-corrected chi connectivity index (χ2v) is 2.53. The maximum atomic E-state index is 10.9. The molecule has 0 amide bonds. The first kappa shape index (κ1) is 7.06. The number of carbonyl (C=O) groups excluding carboxylic acids is 1. The van der Waals surface area contributed by atoms with Crippen molar-refractivity contribution in [2.75, 3.05) is 0 Å². The van der Waals surface area contributed by atoms with Crippen molar-refractivity contribution in [2.45, 2.75) is 19.8 Å². The van der Waals surface area contributed by atoms with Gasteiger partial charge in [0.1, 0.15) is 5.76 Å². The summed E-state index contributed by atoms with van der Waals surface area (Å²) in [6.07, 6.45) is 0.926. The Morgan fingerprint density at radius 2 is 2.20 bits per heavy atom. The van der Waals surface area contributed by atoms with Gasteiger partial charge < -0.3 is 5.11 Å². The molecule has 0 saturated heterocycles. The topological polar surface area (TPSA) is 37.3 Å². The number of ketones is 1. The Morgan fingerprint density at radius 3 is 2.40 bits per heavy atom. The molecule has 0 atom stereocenters. The van der Waals surface area contributed by atoms with Crippen molar-refractivity contribution in [3.05, 3.63) is 23.5 Å². The third-order valence-electron chi connectivity index (χ3n) is 1.58. The lowest BCUT2D eigenvalue weighted by atomic mass is 10.1. The van der Waals surface area contributed by atoms with E-state index in [1.54, 1.807) is 6.92 Å². The molecule has 2 nitrogen and oxygen atoms in total. The zero-order valence-corrected chi connectivity index (χ0v) is 5.98. The first-order valence-corrected chi connectivity index (χ1v) is 3.24. The molecular formula is C8H10O2. The van der Waals surface area contributed by atoms with Gasteiger partial charge in [0.15, 0.2) is 5.78 Å². The second-order valence-electron chi connectivity index (χ2n) is 2.53. The fraction of sp³-hybridized carbons (Fsp3) is 0.375. The normalized spacial score (nSPS) is 18.3. The molecule has 2 heteroatoms. The van der Waals surface area contributed by atoms with Crippen LogP contribution in [0.1, 0.15) is 19.8 Å². The molecule has 1 aliphatic carbocycles. The lowest BCUT2D eigenvalue weighted by molar-refractivity contribution is -0.114. The standard InChI is InChI=1S/C8H10O2/c1-5(2)8-6(9)3-4-7(8)10/h9H,1,3-4H2,2H3. The highest BCUT2D eigenvalue weighted by Gasteiger charge is 2.22. The van der Waals surface area contributed by atoms with Crippen molar-refractivity contribution in [1.82, 2.24) is 0 Å². The number of Topliss-reactive ketones (excluding diaryl/α,β-unsaturated/α-hetero) is 1. The Bertz CT molecular complexity index is 223. The van der Waals surface area contributed by atoms with E-state index in [0.717, 1.165) is 0 Å². The van der Waals surface area contributed by atoms with Gasteiger partial charge in [-0.05, 0) is 12.5 Å². The zero-order valence-electron chi connectivity index (χ0n) is 5.98. The van der Waals surface area contributed by atoms with Crippen molar-refractivity contribution in [1.29, 1.82) is 0 Å². The Morgan fingerprint density at radius 1 is 1.60 bits per heavy atom. The van der Waals surface area contributed by atoms with E-state index in [-0.39, 0.29) is 11.5 Å². The lowest BCUT2D eigenvalue weighted by Crippen LogP contribution is -1.96. The van der Waals surface area contributed by atoms with Crippen LogP contribution in [0.3, 0.4) is 0 Å². The maximum absolute atomic E-state index is 10.9. The fourth-order valence-corrected chi connectivity index (χ4v) is 1.13. The highest BCUT2D eigenvalue weighted by molar-refractivity contribution is 6.01. The van der Waals surface area contributed by atoms with Crippen LogP contribution in [0, 0.1) is 0 Å². The summed E-state index contributed by atoms with van der Waals surface area (Å²) in [5.74, 6) is 0.225. The zero-order chi connectivity index (χ0) is 7.72. The molecule has 0 aliphatic heterocycles. The minimum atomic E-state index is 0.0185. The van der Waals surface area contributed by atoms with Crippen LogP contribution in [0.2, 0.25) is 0 Å². The Labute approximate surface area is 59.9 Å². The van der Waals surface area contributed by atoms with E-state index >= 15 is 0 Å². The van der Waals surface area contributed by atoms with E-state index in [2.05, 4.69) is 6.58 Å². The second kappa shape index (κ2) is 2.29. The molecule has 54 valence electrons. The number of aliphatic hydroxyl groups is 1. The van der Waals surface area contributed by atoms with Crippen molar-refractivity contribution in [3.8, 4) is 0 Å². The predicted molar refractivity (Wildman–Crippen MR) is 38.7 cm³/mol. The Kier molecular flexibility index (Phi) is 1.62. The summed E-state index contributed by atoms with van der Waals surface area (Å²) in [7, 11) is 0.